The zero-order chi connectivity index (χ0) is 18.1. The molecule has 0 saturated heterocycles. The Balaban J connectivity index is 1.56. The highest BCUT2D eigenvalue weighted by Crippen LogP contribution is 2.30. The summed E-state index contributed by atoms with van der Waals surface area (Å²) < 4.78 is 1.72. The van der Waals surface area contributed by atoms with Crippen LogP contribution in [0.5, 0.6) is 0 Å². The Bertz CT molecular complexity index is 950. The quantitative estimate of drug-likeness (QED) is 0.902. The summed E-state index contributed by atoms with van der Waals surface area (Å²) in [6.07, 6.45) is 4.43. The summed E-state index contributed by atoms with van der Waals surface area (Å²) in [4.78, 5) is 29.8. The van der Waals surface area contributed by atoms with Gasteiger partial charge in [-0.15, -0.1) is 5.10 Å². The van der Waals surface area contributed by atoms with Crippen molar-refractivity contribution in [2.24, 2.45) is 5.92 Å². The van der Waals surface area contributed by atoms with Crippen LogP contribution < -0.4 is 5.32 Å². The Morgan fingerprint density at radius 1 is 1.35 bits per heavy atom. The van der Waals surface area contributed by atoms with Gasteiger partial charge >= 0.3 is 0 Å². The standard InChI is InChI=1S/C18H18N6O2/c19-9-6-16(25)23-10-7-12(8-11-23)14-2-1-3-15-20-18(22-24(14)15)21-17(26)13-4-5-13/h1-3,7,13H,4-6,8,10-11H2,(H,21,22,26). The molecule has 26 heavy (non-hydrogen) atoms. The van der Waals surface area contributed by atoms with Gasteiger partial charge in [-0.25, -0.2) is 4.52 Å². The van der Waals surface area contributed by atoms with Gasteiger partial charge in [-0.05, 0) is 37.0 Å². The fourth-order valence-corrected chi connectivity index (χ4v) is 3.07. The van der Waals surface area contributed by atoms with Gasteiger partial charge in [0.2, 0.25) is 17.8 Å². The van der Waals surface area contributed by atoms with Crippen molar-refractivity contribution in [1.82, 2.24) is 19.5 Å². The molecule has 1 aliphatic carbocycles. The molecule has 2 aliphatic rings. The van der Waals surface area contributed by atoms with Crippen LogP contribution in [0.15, 0.2) is 24.3 Å². The molecule has 8 nitrogen and oxygen atoms in total. The Hall–Kier alpha value is -3.21. The lowest BCUT2D eigenvalue weighted by Gasteiger charge is -2.26. The number of fused-ring (bicyclic) bond motifs is 1. The minimum Gasteiger partial charge on any atom is -0.338 e. The number of aromatic nitrogens is 3. The zero-order valence-corrected chi connectivity index (χ0v) is 14.2. The van der Waals surface area contributed by atoms with Gasteiger partial charge in [0.25, 0.3) is 0 Å². The van der Waals surface area contributed by atoms with E-state index < -0.39 is 0 Å². The highest BCUT2D eigenvalue weighted by Gasteiger charge is 2.30. The Morgan fingerprint density at radius 3 is 2.88 bits per heavy atom. The highest BCUT2D eigenvalue weighted by molar-refractivity contribution is 5.92. The van der Waals surface area contributed by atoms with E-state index in [-0.39, 0.29) is 24.2 Å². The molecule has 0 bridgehead atoms. The number of carbonyl (C=O) groups is 2. The number of anilines is 1. The normalized spacial score (nSPS) is 16.9. The van der Waals surface area contributed by atoms with Crippen molar-refractivity contribution in [3.8, 4) is 6.07 Å². The van der Waals surface area contributed by atoms with Gasteiger partial charge in [0.15, 0.2) is 5.65 Å². The van der Waals surface area contributed by atoms with Crippen LogP contribution in [0.4, 0.5) is 5.95 Å². The molecule has 3 heterocycles. The van der Waals surface area contributed by atoms with Crippen molar-refractivity contribution < 1.29 is 9.59 Å². The number of nitriles is 1. The van der Waals surface area contributed by atoms with E-state index in [1.165, 1.54) is 0 Å². The molecule has 0 aromatic carbocycles. The predicted molar refractivity (Wildman–Crippen MR) is 93.7 cm³/mol. The first-order chi connectivity index (χ1) is 12.7. The Kier molecular flexibility index (Phi) is 4.13. The van der Waals surface area contributed by atoms with E-state index >= 15 is 0 Å². The summed E-state index contributed by atoms with van der Waals surface area (Å²) in [6, 6.07) is 7.59. The molecule has 2 aromatic heterocycles. The second kappa shape index (κ2) is 6.59. The summed E-state index contributed by atoms with van der Waals surface area (Å²) in [7, 11) is 0. The molecule has 0 unspecified atom stereocenters. The monoisotopic (exact) mass is 350 g/mol. The summed E-state index contributed by atoms with van der Waals surface area (Å²) >= 11 is 0. The molecular formula is C18H18N6O2. The lowest BCUT2D eigenvalue weighted by molar-refractivity contribution is -0.129. The van der Waals surface area contributed by atoms with Gasteiger partial charge in [-0.2, -0.15) is 10.2 Å². The van der Waals surface area contributed by atoms with E-state index in [2.05, 4.69) is 15.4 Å². The molecule has 2 amide bonds. The van der Waals surface area contributed by atoms with Crippen molar-refractivity contribution >= 4 is 29.0 Å². The predicted octanol–water partition coefficient (Wildman–Crippen LogP) is 1.61. The topological polar surface area (TPSA) is 103 Å². The van der Waals surface area contributed by atoms with E-state index in [4.69, 9.17) is 5.26 Å². The van der Waals surface area contributed by atoms with E-state index in [1.807, 2.05) is 30.3 Å². The number of amides is 2. The van der Waals surface area contributed by atoms with Crippen molar-refractivity contribution in [3.05, 3.63) is 30.0 Å². The maximum absolute atomic E-state index is 11.9. The number of nitrogens with one attached hydrogen (secondary N) is 1. The SMILES string of the molecule is N#CCC(=O)N1CC=C(c2cccc3nc(NC(=O)C4CC4)nn23)CC1. The molecule has 1 saturated carbocycles. The zero-order valence-electron chi connectivity index (χ0n) is 14.2. The van der Waals surface area contributed by atoms with Gasteiger partial charge < -0.3 is 4.90 Å². The van der Waals surface area contributed by atoms with Crippen LogP contribution in [-0.4, -0.2) is 44.4 Å². The first-order valence-electron chi connectivity index (χ1n) is 8.66. The average molecular weight is 350 g/mol. The van der Waals surface area contributed by atoms with E-state index in [1.54, 1.807) is 9.42 Å². The number of nitrogens with zero attached hydrogens (tertiary/aromatic N) is 5. The van der Waals surface area contributed by atoms with E-state index in [0.717, 1.165) is 24.1 Å². The Labute approximate surface area is 150 Å². The van der Waals surface area contributed by atoms with Gasteiger partial charge in [0.1, 0.15) is 6.42 Å². The minimum absolute atomic E-state index is 0.0222. The molecule has 1 N–H and O–H groups in total. The number of pyridine rings is 1. The van der Waals surface area contributed by atoms with Crippen molar-refractivity contribution in [3.63, 3.8) is 0 Å². The second-order valence-corrected chi connectivity index (χ2v) is 6.53. The maximum Gasteiger partial charge on any atom is 0.249 e. The third-order valence-electron chi connectivity index (χ3n) is 4.66. The molecule has 0 atom stereocenters. The highest BCUT2D eigenvalue weighted by atomic mass is 16.2. The van der Waals surface area contributed by atoms with Crippen LogP contribution in [0.3, 0.4) is 0 Å². The smallest absolute Gasteiger partial charge is 0.249 e. The third-order valence-corrected chi connectivity index (χ3v) is 4.66. The van der Waals surface area contributed by atoms with Crippen molar-refractivity contribution in [2.45, 2.75) is 25.7 Å². The van der Waals surface area contributed by atoms with Crippen LogP contribution in [0.1, 0.15) is 31.4 Å². The van der Waals surface area contributed by atoms with Crippen molar-refractivity contribution in [2.75, 3.05) is 18.4 Å². The minimum atomic E-state index is -0.146. The molecule has 132 valence electrons. The van der Waals surface area contributed by atoms with Gasteiger partial charge in [0, 0.05) is 19.0 Å². The van der Waals surface area contributed by atoms with Gasteiger partial charge in [-0.3, -0.25) is 14.9 Å². The lowest BCUT2D eigenvalue weighted by atomic mass is 10.0. The lowest BCUT2D eigenvalue weighted by Crippen LogP contribution is -2.34. The van der Waals surface area contributed by atoms with Gasteiger partial charge in [-0.1, -0.05) is 12.1 Å². The largest absolute Gasteiger partial charge is 0.338 e. The third kappa shape index (κ3) is 3.16. The van der Waals surface area contributed by atoms with Gasteiger partial charge in [0.05, 0.1) is 11.8 Å². The van der Waals surface area contributed by atoms with E-state index in [9.17, 15) is 9.59 Å². The van der Waals surface area contributed by atoms with Crippen LogP contribution in [0.25, 0.3) is 11.2 Å². The molecule has 0 spiro atoms. The Morgan fingerprint density at radius 2 is 2.19 bits per heavy atom. The fraction of sp³-hybridized carbons (Fsp3) is 0.389. The number of hydrogen-bond acceptors (Lipinski definition) is 5. The van der Waals surface area contributed by atoms with Crippen LogP contribution in [-0.2, 0) is 9.59 Å². The number of rotatable bonds is 4. The van der Waals surface area contributed by atoms with Crippen molar-refractivity contribution in [1.29, 1.82) is 5.26 Å². The molecule has 0 radical (unpaired) electrons. The first-order valence-corrected chi connectivity index (χ1v) is 8.66. The molecule has 2 aromatic rings. The summed E-state index contributed by atoms with van der Waals surface area (Å²) in [5.74, 6) is 0.244. The number of carbonyl (C=O) groups excluding carboxylic acids is 2. The first kappa shape index (κ1) is 16.3. The second-order valence-electron chi connectivity index (χ2n) is 6.53. The van der Waals surface area contributed by atoms with Crippen LogP contribution in [0.2, 0.25) is 0 Å². The summed E-state index contributed by atoms with van der Waals surface area (Å²) in [5.41, 5.74) is 2.63. The van der Waals surface area contributed by atoms with Crippen LogP contribution >= 0.6 is 0 Å². The molecule has 1 aliphatic heterocycles. The number of hydrogen-bond donors (Lipinski definition) is 1. The maximum atomic E-state index is 11.9. The van der Waals surface area contributed by atoms with E-state index in [0.29, 0.717) is 31.1 Å². The molecule has 4 rings (SSSR count). The van der Waals surface area contributed by atoms with Crippen LogP contribution in [0, 0.1) is 17.2 Å². The summed E-state index contributed by atoms with van der Waals surface area (Å²) in [6.45, 7) is 1.05. The molecule has 8 heteroatoms. The summed E-state index contributed by atoms with van der Waals surface area (Å²) in [5, 5.41) is 15.9. The fourth-order valence-electron chi connectivity index (χ4n) is 3.07. The average Bonchev–Trinajstić information content (AvgIpc) is 3.42. The molecule has 1 fully saturated rings. The molecular weight excluding hydrogens is 332 g/mol.